The number of carbonyl (C=O) groups excluding carboxylic acids is 1. The SMILES string of the molecule is Cn1c(C(=O)N2CCC[C@H]2c2nc3ccc(F)cc3[nH]2)cc(=O)n(C)c1=O. The van der Waals surface area contributed by atoms with E-state index < -0.39 is 17.2 Å². The summed E-state index contributed by atoms with van der Waals surface area (Å²) in [5.41, 5.74) is 0.131. The lowest BCUT2D eigenvalue weighted by Crippen LogP contribution is -2.42. The minimum absolute atomic E-state index is 0.0390. The van der Waals surface area contributed by atoms with Gasteiger partial charge in [-0.1, -0.05) is 0 Å². The highest BCUT2D eigenvalue weighted by Gasteiger charge is 2.34. The number of fused-ring (bicyclic) bond motifs is 1. The predicted molar refractivity (Wildman–Crippen MR) is 96.0 cm³/mol. The van der Waals surface area contributed by atoms with Gasteiger partial charge in [-0.15, -0.1) is 0 Å². The van der Waals surface area contributed by atoms with Crippen molar-refractivity contribution in [1.82, 2.24) is 24.0 Å². The van der Waals surface area contributed by atoms with Crippen molar-refractivity contribution in [2.75, 3.05) is 6.54 Å². The van der Waals surface area contributed by atoms with Crippen LogP contribution in [0.2, 0.25) is 0 Å². The Morgan fingerprint density at radius 1 is 1.22 bits per heavy atom. The molecule has 0 spiro atoms. The highest BCUT2D eigenvalue weighted by atomic mass is 19.1. The Labute approximate surface area is 152 Å². The molecule has 1 saturated heterocycles. The van der Waals surface area contributed by atoms with Crippen LogP contribution in [0.4, 0.5) is 4.39 Å². The lowest BCUT2D eigenvalue weighted by Gasteiger charge is -2.24. The first-order valence-electron chi connectivity index (χ1n) is 8.60. The van der Waals surface area contributed by atoms with Crippen LogP contribution in [0.15, 0.2) is 33.9 Å². The van der Waals surface area contributed by atoms with Crippen molar-refractivity contribution in [3.63, 3.8) is 0 Å². The Kier molecular flexibility index (Phi) is 3.94. The minimum atomic E-state index is -0.555. The molecular formula is C18H18FN5O3. The van der Waals surface area contributed by atoms with Gasteiger partial charge in [0, 0.05) is 26.7 Å². The number of H-pyrrole nitrogens is 1. The Morgan fingerprint density at radius 3 is 2.78 bits per heavy atom. The molecule has 1 aromatic carbocycles. The van der Waals surface area contributed by atoms with Crippen LogP contribution in [-0.4, -0.2) is 36.5 Å². The maximum absolute atomic E-state index is 13.4. The van der Waals surface area contributed by atoms with Gasteiger partial charge in [0.05, 0.1) is 17.1 Å². The molecule has 1 aliphatic rings. The number of nitrogens with zero attached hydrogens (tertiary/aromatic N) is 4. The van der Waals surface area contributed by atoms with Crippen molar-refractivity contribution in [1.29, 1.82) is 0 Å². The van der Waals surface area contributed by atoms with E-state index in [1.165, 1.54) is 36.9 Å². The number of carbonyl (C=O) groups is 1. The molecule has 4 rings (SSSR count). The number of likely N-dealkylation sites (tertiary alicyclic amines) is 1. The van der Waals surface area contributed by atoms with Crippen molar-refractivity contribution < 1.29 is 9.18 Å². The van der Waals surface area contributed by atoms with Gasteiger partial charge in [0.2, 0.25) is 0 Å². The van der Waals surface area contributed by atoms with E-state index >= 15 is 0 Å². The molecule has 1 amide bonds. The summed E-state index contributed by atoms with van der Waals surface area (Å²) in [6, 6.07) is 5.12. The average Bonchev–Trinajstić information content (AvgIpc) is 3.28. The third-order valence-corrected chi connectivity index (χ3v) is 5.04. The number of nitrogens with one attached hydrogen (secondary N) is 1. The van der Waals surface area contributed by atoms with Crippen LogP contribution in [0.3, 0.4) is 0 Å². The molecule has 3 aromatic rings. The van der Waals surface area contributed by atoms with Crippen LogP contribution in [0.25, 0.3) is 11.0 Å². The topological polar surface area (TPSA) is 93.0 Å². The number of hydrogen-bond acceptors (Lipinski definition) is 4. The molecule has 2 aromatic heterocycles. The standard InChI is InChI=1S/C18H18FN5O3/c1-22-14(9-15(25)23(2)18(22)27)17(26)24-7-3-4-13(24)16-20-11-6-5-10(19)8-12(11)21-16/h5-6,8-9,13H,3-4,7H2,1-2H3,(H,20,21)/t13-/m0/s1. The average molecular weight is 371 g/mol. The highest BCUT2D eigenvalue weighted by Crippen LogP contribution is 2.32. The number of rotatable bonds is 2. The van der Waals surface area contributed by atoms with Crippen LogP contribution in [0.5, 0.6) is 0 Å². The molecule has 3 heterocycles. The van der Waals surface area contributed by atoms with E-state index in [9.17, 15) is 18.8 Å². The van der Waals surface area contributed by atoms with Crippen LogP contribution in [0, 0.1) is 5.82 Å². The summed E-state index contributed by atoms with van der Waals surface area (Å²) >= 11 is 0. The zero-order valence-corrected chi connectivity index (χ0v) is 14.9. The minimum Gasteiger partial charge on any atom is -0.340 e. The van der Waals surface area contributed by atoms with Gasteiger partial charge in [-0.2, -0.15) is 0 Å². The second-order valence-electron chi connectivity index (χ2n) is 6.71. The van der Waals surface area contributed by atoms with Crippen molar-refractivity contribution >= 4 is 16.9 Å². The summed E-state index contributed by atoms with van der Waals surface area (Å²) in [5.74, 6) is -0.205. The van der Waals surface area contributed by atoms with E-state index in [1.54, 1.807) is 11.0 Å². The van der Waals surface area contributed by atoms with Crippen molar-refractivity contribution in [2.45, 2.75) is 18.9 Å². The summed E-state index contributed by atoms with van der Waals surface area (Å²) in [5, 5.41) is 0. The highest BCUT2D eigenvalue weighted by molar-refractivity contribution is 5.93. The van der Waals surface area contributed by atoms with Crippen molar-refractivity contribution in [3.05, 3.63) is 62.4 Å². The zero-order chi connectivity index (χ0) is 19.3. The lowest BCUT2D eigenvalue weighted by atomic mass is 10.2. The van der Waals surface area contributed by atoms with Crippen molar-refractivity contribution in [2.24, 2.45) is 14.1 Å². The van der Waals surface area contributed by atoms with Crippen LogP contribution in [0.1, 0.15) is 35.2 Å². The van der Waals surface area contributed by atoms with Crippen molar-refractivity contribution in [3.8, 4) is 0 Å². The summed E-state index contributed by atoms with van der Waals surface area (Å²) < 4.78 is 15.5. The molecule has 1 aliphatic heterocycles. The number of halogens is 1. The normalized spacial score (nSPS) is 17.0. The molecule has 0 aliphatic carbocycles. The van der Waals surface area contributed by atoms with Gasteiger partial charge in [0.25, 0.3) is 11.5 Å². The molecule has 0 unspecified atom stereocenters. The monoisotopic (exact) mass is 371 g/mol. The van der Waals surface area contributed by atoms with Gasteiger partial charge in [-0.3, -0.25) is 18.7 Å². The first kappa shape index (κ1) is 17.2. The molecule has 9 heteroatoms. The van der Waals surface area contributed by atoms with E-state index in [4.69, 9.17) is 0 Å². The Bertz CT molecular complexity index is 1180. The molecule has 1 fully saturated rings. The van der Waals surface area contributed by atoms with Crippen LogP contribution < -0.4 is 11.2 Å². The predicted octanol–water partition coefficient (Wildman–Crippen LogP) is 1.08. The molecule has 0 bridgehead atoms. The third-order valence-electron chi connectivity index (χ3n) is 5.04. The summed E-state index contributed by atoms with van der Waals surface area (Å²) in [7, 11) is 2.83. The number of aromatic nitrogens is 4. The van der Waals surface area contributed by atoms with E-state index in [0.29, 0.717) is 29.8 Å². The molecule has 1 atom stereocenters. The zero-order valence-electron chi connectivity index (χ0n) is 14.9. The molecule has 0 saturated carbocycles. The lowest BCUT2D eigenvalue weighted by molar-refractivity contribution is 0.0718. The molecule has 140 valence electrons. The first-order valence-corrected chi connectivity index (χ1v) is 8.60. The van der Waals surface area contributed by atoms with Crippen LogP contribution in [-0.2, 0) is 14.1 Å². The number of benzene rings is 1. The number of aromatic amines is 1. The largest absolute Gasteiger partial charge is 0.340 e. The van der Waals surface area contributed by atoms with E-state index in [-0.39, 0.29) is 17.6 Å². The first-order chi connectivity index (χ1) is 12.9. The fraction of sp³-hybridized carbons (Fsp3) is 0.333. The van der Waals surface area contributed by atoms with Gasteiger partial charge in [0.15, 0.2) is 0 Å². The second kappa shape index (κ2) is 6.19. The number of amides is 1. The fourth-order valence-electron chi connectivity index (χ4n) is 3.54. The second-order valence-corrected chi connectivity index (χ2v) is 6.71. The quantitative estimate of drug-likeness (QED) is 0.729. The Morgan fingerprint density at radius 2 is 2.00 bits per heavy atom. The summed E-state index contributed by atoms with van der Waals surface area (Å²) in [6.45, 7) is 0.484. The maximum atomic E-state index is 13.4. The summed E-state index contributed by atoms with van der Waals surface area (Å²) in [6.07, 6.45) is 1.45. The molecule has 0 radical (unpaired) electrons. The van der Waals surface area contributed by atoms with Gasteiger partial charge < -0.3 is 9.88 Å². The fourth-order valence-corrected chi connectivity index (χ4v) is 3.54. The van der Waals surface area contributed by atoms with Crippen LogP contribution >= 0.6 is 0 Å². The Hall–Kier alpha value is -3.23. The molecule has 1 N–H and O–H groups in total. The summed E-state index contributed by atoms with van der Waals surface area (Å²) in [4.78, 5) is 46.3. The third kappa shape index (κ3) is 2.75. The van der Waals surface area contributed by atoms with Gasteiger partial charge in [-0.05, 0) is 31.0 Å². The molecular weight excluding hydrogens is 353 g/mol. The Balaban J connectivity index is 1.74. The van der Waals surface area contributed by atoms with Gasteiger partial charge >= 0.3 is 5.69 Å². The molecule has 27 heavy (non-hydrogen) atoms. The van der Waals surface area contributed by atoms with Gasteiger partial charge in [0.1, 0.15) is 17.3 Å². The van der Waals surface area contributed by atoms with E-state index in [2.05, 4.69) is 9.97 Å². The van der Waals surface area contributed by atoms with E-state index in [0.717, 1.165) is 11.0 Å². The van der Waals surface area contributed by atoms with E-state index in [1.807, 2.05) is 0 Å². The number of hydrogen-bond donors (Lipinski definition) is 1. The maximum Gasteiger partial charge on any atom is 0.331 e. The molecule has 8 nitrogen and oxygen atoms in total. The smallest absolute Gasteiger partial charge is 0.331 e. The van der Waals surface area contributed by atoms with Gasteiger partial charge in [-0.25, -0.2) is 14.2 Å². The number of imidazole rings is 1.